The third-order valence-corrected chi connectivity index (χ3v) is 4.08. The highest BCUT2D eigenvalue weighted by atomic mass is 32.1. The number of anilines is 1. The molecule has 4 nitrogen and oxygen atoms in total. The van der Waals surface area contributed by atoms with Crippen LogP contribution in [-0.4, -0.2) is 28.2 Å². The van der Waals surface area contributed by atoms with Crippen LogP contribution in [0.25, 0.3) is 0 Å². The molecule has 0 saturated carbocycles. The van der Waals surface area contributed by atoms with Gasteiger partial charge in [-0.3, -0.25) is 4.79 Å². The van der Waals surface area contributed by atoms with Crippen LogP contribution in [-0.2, 0) is 4.79 Å². The molecule has 17 heavy (non-hydrogen) atoms. The number of carbonyl (C=O) groups is 1. The van der Waals surface area contributed by atoms with E-state index in [1.807, 2.05) is 0 Å². The van der Waals surface area contributed by atoms with E-state index in [1.54, 1.807) is 6.92 Å². The summed E-state index contributed by atoms with van der Waals surface area (Å²) in [7, 11) is 0. The van der Waals surface area contributed by atoms with Crippen LogP contribution in [0.4, 0.5) is 5.13 Å². The smallest absolute Gasteiger partial charge is 0.205 e. The Hall–Kier alpha value is -0.970. The molecule has 1 aromatic rings. The van der Waals surface area contributed by atoms with E-state index < -0.39 is 0 Å². The number of aromatic nitrogens is 2. The van der Waals surface area contributed by atoms with Gasteiger partial charge in [-0.1, -0.05) is 13.8 Å². The standard InChI is InChI=1S/C12H19N3OS/c1-8(2)11-13-12(17-14-11)15-6-4-10(5-7-15)9(3)16/h8,10H,4-7H2,1-3H3. The number of ketones is 1. The van der Waals surface area contributed by atoms with Gasteiger partial charge in [-0.25, -0.2) is 4.98 Å². The van der Waals surface area contributed by atoms with Gasteiger partial charge in [-0.15, -0.1) is 0 Å². The lowest BCUT2D eigenvalue weighted by Crippen LogP contribution is -2.35. The molecule has 0 bridgehead atoms. The highest BCUT2D eigenvalue weighted by Crippen LogP contribution is 2.26. The van der Waals surface area contributed by atoms with Gasteiger partial charge in [0.05, 0.1) is 0 Å². The lowest BCUT2D eigenvalue weighted by molar-refractivity contribution is -0.121. The van der Waals surface area contributed by atoms with E-state index in [1.165, 1.54) is 11.5 Å². The van der Waals surface area contributed by atoms with Crippen molar-refractivity contribution in [3.05, 3.63) is 5.82 Å². The molecular weight excluding hydrogens is 234 g/mol. The average molecular weight is 253 g/mol. The Bertz CT molecular complexity index is 394. The van der Waals surface area contributed by atoms with E-state index in [0.29, 0.717) is 11.7 Å². The molecule has 0 spiro atoms. The fourth-order valence-corrected chi connectivity index (χ4v) is 2.93. The zero-order valence-corrected chi connectivity index (χ0v) is 11.5. The fraction of sp³-hybridized carbons (Fsp3) is 0.750. The molecule has 1 aliphatic rings. The summed E-state index contributed by atoms with van der Waals surface area (Å²) in [6.45, 7) is 7.76. The lowest BCUT2D eigenvalue weighted by atomic mass is 9.94. The van der Waals surface area contributed by atoms with Gasteiger partial charge >= 0.3 is 0 Å². The van der Waals surface area contributed by atoms with Crippen molar-refractivity contribution in [1.29, 1.82) is 0 Å². The van der Waals surface area contributed by atoms with Crippen molar-refractivity contribution >= 4 is 22.4 Å². The monoisotopic (exact) mass is 253 g/mol. The number of Topliss-reactive ketones (excluding diaryl/α,β-unsaturated/α-hetero) is 1. The molecule has 0 radical (unpaired) electrons. The molecule has 0 unspecified atom stereocenters. The van der Waals surface area contributed by atoms with Crippen molar-refractivity contribution in [3.63, 3.8) is 0 Å². The second-order valence-electron chi connectivity index (χ2n) is 4.96. The second-order valence-corrected chi connectivity index (χ2v) is 5.69. The predicted octanol–water partition coefficient (Wildman–Crippen LogP) is 2.47. The van der Waals surface area contributed by atoms with Crippen LogP contribution in [0.1, 0.15) is 45.4 Å². The first-order valence-corrected chi connectivity index (χ1v) is 6.94. The first kappa shape index (κ1) is 12.5. The average Bonchev–Trinajstić information content (AvgIpc) is 2.78. The maximum atomic E-state index is 11.3. The number of piperidine rings is 1. The van der Waals surface area contributed by atoms with E-state index in [0.717, 1.165) is 36.9 Å². The highest BCUT2D eigenvalue weighted by molar-refractivity contribution is 7.09. The minimum absolute atomic E-state index is 0.253. The van der Waals surface area contributed by atoms with Gasteiger partial charge in [0.15, 0.2) is 0 Å². The molecule has 5 heteroatoms. The van der Waals surface area contributed by atoms with Crippen molar-refractivity contribution in [2.75, 3.05) is 18.0 Å². The molecule has 0 atom stereocenters. The van der Waals surface area contributed by atoms with E-state index in [9.17, 15) is 4.79 Å². The maximum Gasteiger partial charge on any atom is 0.205 e. The molecule has 1 aromatic heterocycles. The first-order chi connectivity index (χ1) is 8.08. The molecule has 0 aliphatic carbocycles. The van der Waals surface area contributed by atoms with Crippen LogP contribution in [0.2, 0.25) is 0 Å². The van der Waals surface area contributed by atoms with Gasteiger partial charge in [0.1, 0.15) is 11.6 Å². The Morgan fingerprint density at radius 2 is 2.06 bits per heavy atom. The summed E-state index contributed by atoms with van der Waals surface area (Å²) in [5.74, 6) is 1.89. The molecule has 0 aromatic carbocycles. The summed E-state index contributed by atoms with van der Waals surface area (Å²) in [5, 5.41) is 1.01. The summed E-state index contributed by atoms with van der Waals surface area (Å²) >= 11 is 1.47. The Balaban J connectivity index is 1.98. The molecule has 2 rings (SSSR count). The number of hydrogen-bond acceptors (Lipinski definition) is 5. The van der Waals surface area contributed by atoms with Crippen LogP contribution >= 0.6 is 11.5 Å². The highest BCUT2D eigenvalue weighted by Gasteiger charge is 2.24. The minimum Gasteiger partial charge on any atom is -0.347 e. The molecule has 0 amide bonds. The lowest BCUT2D eigenvalue weighted by Gasteiger charge is -2.30. The molecule has 0 N–H and O–H groups in total. The van der Waals surface area contributed by atoms with Gasteiger partial charge in [0.25, 0.3) is 0 Å². The van der Waals surface area contributed by atoms with E-state index in [2.05, 4.69) is 28.1 Å². The second kappa shape index (κ2) is 5.12. The van der Waals surface area contributed by atoms with Gasteiger partial charge in [0.2, 0.25) is 5.13 Å². The van der Waals surface area contributed by atoms with Gasteiger partial charge in [-0.2, -0.15) is 4.37 Å². The van der Waals surface area contributed by atoms with Crippen LogP contribution in [0.5, 0.6) is 0 Å². The van der Waals surface area contributed by atoms with E-state index in [4.69, 9.17) is 0 Å². The van der Waals surface area contributed by atoms with Crippen LogP contribution in [0.15, 0.2) is 0 Å². The summed E-state index contributed by atoms with van der Waals surface area (Å²) in [5.41, 5.74) is 0. The summed E-state index contributed by atoms with van der Waals surface area (Å²) < 4.78 is 4.37. The van der Waals surface area contributed by atoms with Crippen molar-refractivity contribution < 1.29 is 4.79 Å². The summed E-state index contributed by atoms with van der Waals surface area (Å²) in [6, 6.07) is 0. The van der Waals surface area contributed by atoms with Gasteiger partial charge in [0, 0.05) is 36.5 Å². The molecule has 1 fully saturated rings. The fourth-order valence-electron chi connectivity index (χ4n) is 2.07. The number of carbonyl (C=O) groups excluding carboxylic acids is 1. The van der Waals surface area contributed by atoms with E-state index in [-0.39, 0.29) is 5.92 Å². The third kappa shape index (κ3) is 2.83. The van der Waals surface area contributed by atoms with Crippen molar-refractivity contribution in [3.8, 4) is 0 Å². The Labute approximate surface area is 106 Å². The van der Waals surface area contributed by atoms with Crippen LogP contribution in [0.3, 0.4) is 0 Å². The van der Waals surface area contributed by atoms with Crippen LogP contribution < -0.4 is 4.90 Å². The Kier molecular flexibility index (Phi) is 3.76. The van der Waals surface area contributed by atoms with Crippen molar-refractivity contribution in [2.24, 2.45) is 5.92 Å². The van der Waals surface area contributed by atoms with Crippen LogP contribution in [0, 0.1) is 5.92 Å². The molecule has 1 aliphatic heterocycles. The minimum atomic E-state index is 0.253. The normalized spacial score (nSPS) is 17.8. The number of rotatable bonds is 3. The SMILES string of the molecule is CC(=O)C1CCN(c2nc(C(C)C)ns2)CC1. The van der Waals surface area contributed by atoms with Gasteiger partial charge in [-0.05, 0) is 19.8 Å². The third-order valence-electron chi connectivity index (χ3n) is 3.29. The molecule has 1 saturated heterocycles. The Morgan fingerprint density at radius 1 is 1.41 bits per heavy atom. The zero-order chi connectivity index (χ0) is 12.4. The van der Waals surface area contributed by atoms with Gasteiger partial charge < -0.3 is 4.90 Å². The maximum absolute atomic E-state index is 11.3. The predicted molar refractivity (Wildman–Crippen MR) is 69.6 cm³/mol. The molecular formula is C12H19N3OS. The van der Waals surface area contributed by atoms with Crippen molar-refractivity contribution in [1.82, 2.24) is 9.36 Å². The van der Waals surface area contributed by atoms with E-state index >= 15 is 0 Å². The number of hydrogen-bond donors (Lipinski definition) is 0. The van der Waals surface area contributed by atoms with Crippen molar-refractivity contribution in [2.45, 2.75) is 39.5 Å². The quantitative estimate of drug-likeness (QED) is 0.830. The molecule has 94 valence electrons. The number of nitrogens with zero attached hydrogens (tertiary/aromatic N) is 3. The Morgan fingerprint density at radius 3 is 2.53 bits per heavy atom. The summed E-state index contributed by atoms with van der Waals surface area (Å²) in [4.78, 5) is 18.1. The largest absolute Gasteiger partial charge is 0.347 e. The first-order valence-electron chi connectivity index (χ1n) is 6.17. The topological polar surface area (TPSA) is 46.1 Å². The zero-order valence-electron chi connectivity index (χ0n) is 10.6. The summed E-state index contributed by atoms with van der Waals surface area (Å²) in [6.07, 6.45) is 1.90. The molecule has 2 heterocycles.